The highest BCUT2D eigenvalue weighted by Gasteiger charge is 2.24. The Morgan fingerprint density at radius 3 is 2.33 bits per heavy atom. The predicted octanol–water partition coefficient (Wildman–Crippen LogP) is 3.29. The maximum Gasteiger partial charge on any atom is 0.420 e. The highest BCUT2D eigenvalue weighted by molar-refractivity contribution is 5.79. The number of carbonyl (C=O) groups excluding carboxylic acids is 1. The molecule has 0 aliphatic carbocycles. The number of carbonyl (C=O) groups is 1. The predicted molar refractivity (Wildman–Crippen MR) is 115 cm³/mol. The van der Waals surface area contributed by atoms with Crippen LogP contribution in [0.25, 0.3) is 22.2 Å². The fourth-order valence-electron chi connectivity index (χ4n) is 3.39. The number of aliphatic hydroxyl groups is 1. The molecule has 0 aliphatic heterocycles. The van der Waals surface area contributed by atoms with Gasteiger partial charge in [0.1, 0.15) is 12.1 Å². The minimum atomic E-state index is -1.26. The van der Waals surface area contributed by atoms with Crippen LogP contribution in [0.4, 0.5) is 0 Å². The van der Waals surface area contributed by atoms with Crippen LogP contribution in [0.3, 0.4) is 0 Å². The van der Waals surface area contributed by atoms with E-state index in [1.165, 1.54) is 4.57 Å². The smallest absolute Gasteiger partial charge is 0.408 e. The highest BCUT2D eigenvalue weighted by Crippen LogP contribution is 2.24. The number of rotatable bonds is 6. The Bertz CT molecular complexity index is 1220. The number of nitrogens with one attached hydrogen (secondary N) is 1. The molecule has 0 saturated heterocycles. The molecule has 2 N–H and O–H groups in total. The lowest BCUT2D eigenvalue weighted by atomic mass is 9.93. The number of nitrogens with zero attached hydrogens (tertiary/aromatic N) is 1. The third-order valence-electron chi connectivity index (χ3n) is 5.12. The van der Waals surface area contributed by atoms with Gasteiger partial charge in [-0.25, -0.2) is 4.79 Å². The van der Waals surface area contributed by atoms with Gasteiger partial charge in [0.2, 0.25) is 5.91 Å². The van der Waals surface area contributed by atoms with E-state index >= 15 is 0 Å². The van der Waals surface area contributed by atoms with Crippen LogP contribution in [0.15, 0.2) is 88.1 Å². The molecule has 1 heterocycles. The number of aromatic nitrogens is 1. The minimum Gasteiger partial charge on any atom is -0.408 e. The molecule has 0 fully saturated rings. The maximum absolute atomic E-state index is 12.4. The van der Waals surface area contributed by atoms with E-state index in [0.29, 0.717) is 16.7 Å². The van der Waals surface area contributed by atoms with Crippen molar-refractivity contribution >= 4 is 17.0 Å². The van der Waals surface area contributed by atoms with E-state index in [1.807, 2.05) is 54.6 Å². The normalized spacial score (nSPS) is 13.1. The minimum absolute atomic E-state index is 0.0149. The number of benzene rings is 3. The molecule has 152 valence electrons. The molecule has 6 nitrogen and oxygen atoms in total. The number of fused-ring (bicyclic) bond motifs is 1. The van der Waals surface area contributed by atoms with Gasteiger partial charge in [0, 0.05) is 0 Å². The second-order valence-electron chi connectivity index (χ2n) is 7.42. The summed E-state index contributed by atoms with van der Waals surface area (Å²) >= 11 is 0. The van der Waals surface area contributed by atoms with E-state index in [9.17, 15) is 14.7 Å². The zero-order valence-corrected chi connectivity index (χ0v) is 16.5. The Morgan fingerprint density at radius 1 is 0.967 bits per heavy atom. The van der Waals surface area contributed by atoms with Crippen LogP contribution in [0.2, 0.25) is 0 Å². The van der Waals surface area contributed by atoms with Crippen molar-refractivity contribution < 1.29 is 14.3 Å². The summed E-state index contributed by atoms with van der Waals surface area (Å²) in [6, 6.07) is 24.5. The lowest BCUT2D eigenvalue weighted by molar-refractivity contribution is -0.122. The summed E-state index contributed by atoms with van der Waals surface area (Å²) < 4.78 is 6.41. The Kier molecular flexibility index (Phi) is 5.25. The monoisotopic (exact) mass is 402 g/mol. The summed E-state index contributed by atoms with van der Waals surface area (Å²) in [4.78, 5) is 24.4. The van der Waals surface area contributed by atoms with Gasteiger partial charge in [-0.05, 0) is 35.7 Å². The molecule has 1 amide bonds. The van der Waals surface area contributed by atoms with Crippen molar-refractivity contribution in [2.75, 3.05) is 6.54 Å². The fraction of sp³-hybridized carbons (Fsp3) is 0.167. The molecule has 0 bridgehead atoms. The Labute approximate surface area is 173 Å². The first-order chi connectivity index (χ1) is 14.4. The van der Waals surface area contributed by atoms with E-state index in [4.69, 9.17) is 4.42 Å². The van der Waals surface area contributed by atoms with Crippen molar-refractivity contribution in [1.82, 2.24) is 9.88 Å². The number of amides is 1. The molecule has 0 radical (unpaired) electrons. The Hall–Kier alpha value is -3.64. The van der Waals surface area contributed by atoms with Crippen LogP contribution in [0.5, 0.6) is 0 Å². The molecule has 0 spiro atoms. The maximum atomic E-state index is 12.4. The zero-order valence-electron chi connectivity index (χ0n) is 16.5. The number of hydrogen-bond donors (Lipinski definition) is 2. The summed E-state index contributed by atoms with van der Waals surface area (Å²) in [6.07, 6.45) is 0. The fourth-order valence-corrected chi connectivity index (χ4v) is 3.39. The molecular weight excluding hydrogens is 380 g/mol. The molecule has 1 aromatic heterocycles. The second kappa shape index (κ2) is 8.00. The Balaban J connectivity index is 1.42. The van der Waals surface area contributed by atoms with Crippen molar-refractivity contribution in [3.8, 4) is 11.1 Å². The van der Waals surface area contributed by atoms with Gasteiger partial charge in [0.05, 0.1) is 12.1 Å². The molecule has 6 heteroatoms. The summed E-state index contributed by atoms with van der Waals surface area (Å²) in [7, 11) is 0. The van der Waals surface area contributed by atoms with Gasteiger partial charge in [-0.15, -0.1) is 0 Å². The first-order valence-corrected chi connectivity index (χ1v) is 9.67. The lowest BCUT2D eigenvalue weighted by Crippen LogP contribution is -2.40. The average Bonchev–Trinajstić information content (AvgIpc) is 3.08. The van der Waals surface area contributed by atoms with Gasteiger partial charge >= 0.3 is 5.76 Å². The van der Waals surface area contributed by atoms with Crippen molar-refractivity contribution in [3.63, 3.8) is 0 Å². The first kappa shape index (κ1) is 19.7. The largest absolute Gasteiger partial charge is 0.420 e. The SMILES string of the molecule is CC(O)(CNC(=O)Cn1c(=O)oc2ccccc21)c1ccc(-c2ccccc2)cc1. The quantitative estimate of drug-likeness (QED) is 0.518. The molecule has 1 atom stereocenters. The molecule has 1 unspecified atom stereocenters. The van der Waals surface area contributed by atoms with Crippen LogP contribution in [0, 0.1) is 0 Å². The highest BCUT2D eigenvalue weighted by atomic mass is 16.4. The molecule has 0 aliphatic rings. The van der Waals surface area contributed by atoms with Gasteiger partial charge in [-0.3, -0.25) is 9.36 Å². The van der Waals surface area contributed by atoms with Crippen molar-refractivity contribution in [3.05, 3.63) is 95.0 Å². The Morgan fingerprint density at radius 2 is 1.60 bits per heavy atom. The molecule has 4 aromatic rings. The van der Waals surface area contributed by atoms with Crippen LogP contribution < -0.4 is 11.1 Å². The van der Waals surface area contributed by atoms with Crippen molar-refractivity contribution in [2.24, 2.45) is 0 Å². The molecular formula is C24H22N2O4. The third kappa shape index (κ3) is 4.04. The molecule has 4 rings (SSSR count). The number of oxazole rings is 1. The van der Waals surface area contributed by atoms with E-state index in [2.05, 4.69) is 5.32 Å². The summed E-state index contributed by atoms with van der Waals surface area (Å²) in [6.45, 7) is 1.48. The van der Waals surface area contributed by atoms with E-state index in [-0.39, 0.29) is 19.0 Å². The van der Waals surface area contributed by atoms with Gasteiger partial charge < -0.3 is 14.8 Å². The second-order valence-corrected chi connectivity index (χ2v) is 7.42. The molecule has 0 saturated carbocycles. The number of para-hydroxylation sites is 2. The summed E-state index contributed by atoms with van der Waals surface area (Å²) in [5.41, 5.74) is 2.56. The van der Waals surface area contributed by atoms with Crippen molar-refractivity contribution in [1.29, 1.82) is 0 Å². The topological polar surface area (TPSA) is 84.5 Å². The first-order valence-electron chi connectivity index (χ1n) is 9.67. The summed E-state index contributed by atoms with van der Waals surface area (Å²) in [5, 5.41) is 13.6. The van der Waals surface area contributed by atoms with E-state index in [1.54, 1.807) is 31.2 Å². The average molecular weight is 402 g/mol. The molecule has 30 heavy (non-hydrogen) atoms. The summed E-state index contributed by atoms with van der Waals surface area (Å²) in [5.74, 6) is -0.973. The standard InChI is InChI=1S/C24H22N2O4/c1-24(29,19-13-11-18(12-14-19)17-7-3-2-4-8-17)16-25-22(27)15-26-20-9-5-6-10-21(20)30-23(26)28/h2-14,29H,15-16H2,1H3,(H,25,27). The lowest BCUT2D eigenvalue weighted by Gasteiger charge is -2.24. The van der Waals surface area contributed by atoms with E-state index in [0.717, 1.165) is 11.1 Å². The van der Waals surface area contributed by atoms with Crippen LogP contribution >= 0.6 is 0 Å². The van der Waals surface area contributed by atoms with Crippen LogP contribution in [0.1, 0.15) is 12.5 Å². The van der Waals surface area contributed by atoms with Gasteiger partial charge in [-0.2, -0.15) is 0 Å². The van der Waals surface area contributed by atoms with Crippen molar-refractivity contribution in [2.45, 2.75) is 19.1 Å². The van der Waals surface area contributed by atoms with Gasteiger partial charge in [0.25, 0.3) is 0 Å². The van der Waals surface area contributed by atoms with Gasteiger partial charge in [0.15, 0.2) is 5.58 Å². The zero-order chi connectivity index (χ0) is 21.1. The van der Waals surface area contributed by atoms with E-state index < -0.39 is 11.4 Å². The third-order valence-corrected chi connectivity index (χ3v) is 5.12. The van der Waals surface area contributed by atoms with Crippen LogP contribution in [-0.4, -0.2) is 22.1 Å². The van der Waals surface area contributed by atoms with Gasteiger partial charge in [-0.1, -0.05) is 66.7 Å². The number of hydrogen-bond acceptors (Lipinski definition) is 4. The molecule has 3 aromatic carbocycles. The van der Waals surface area contributed by atoms with Crippen LogP contribution in [-0.2, 0) is 16.9 Å².